The molecule has 8 nitrogen and oxygen atoms in total. The van der Waals surface area contributed by atoms with Crippen molar-refractivity contribution in [3.63, 3.8) is 0 Å². The monoisotopic (exact) mass is 260 g/mol. The Labute approximate surface area is 101 Å². The normalized spacial score (nSPS) is 34.4. The van der Waals surface area contributed by atoms with E-state index < -0.39 is 47.0 Å². The van der Waals surface area contributed by atoms with Crippen LogP contribution in [0.5, 0.6) is 0 Å². The molecule has 2 unspecified atom stereocenters. The summed E-state index contributed by atoms with van der Waals surface area (Å²) in [6, 6.07) is 0. The van der Waals surface area contributed by atoms with Gasteiger partial charge in [0.15, 0.2) is 0 Å². The molecule has 0 amide bonds. The Bertz CT molecular complexity index is 404. The fourth-order valence-electron chi connectivity index (χ4n) is 2.80. The Balaban J connectivity index is 3.37. The van der Waals surface area contributed by atoms with E-state index in [1.54, 1.807) is 0 Å². The van der Waals surface area contributed by atoms with Crippen molar-refractivity contribution in [1.82, 2.24) is 0 Å². The van der Waals surface area contributed by atoms with E-state index in [9.17, 15) is 19.2 Å². The Morgan fingerprint density at radius 3 is 1.44 bits per heavy atom. The van der Waals surface area contributed by atoms with Crippen LogP contribution in [0, 0.1) is 23.2 Å². The highest BCUT2D eigenvalue weighted by Crippen LogP contribution is 2.58. The van der Waals surface area contributed by atoms with Crippen molar-refractivity contribution in [1.29, 1.82) is 0 Å². The zero-order valence-corrected chi connectivity index (χ0v) is 9.36. The number of aliphatic carboxylic acids is 4. The van der Waals surface area contributed by atoms with Gasteiger partial charge in [0.25, 0.3) is 0 Å². The minimum Gasteiger partial charge on any atom is -0.481 e. The summed E-state index contributed by atoms with van der Waals surface area (Å²) in [5.41, 5.74) is -2.07. The molecule has 1 fully saturated rings. The molecule has 0 bridgehead atoms. The van der Waals surface area contributed by atoms with E-state index in [0.717, 1.165) is 0 Å². The van der Waals surface area contributed by atoms with Crippen LogP contribution in [-0.2, 0) is 19.2 Å². The summed E-state index contributed by atoms with van der Waals surface area (Å²) in [7, 11) is 0. The molecule has 18 heavy (non-hydrogen) atoms. The molecule has 0 aromatic heterocycles. The van der Waals surface area contributed by atoms with Gasteiger partial charge in [0.05, 0.1) is 23.2 Å². The maximum absolute atomic E-state index is 11.2. The molecule has 0 heterocycles. The van der Waals surface area contributed by atoms with Crippen LogP contribution in [-0.4, -0.2) is 44.3 Å². The van der Waals surface area contributed by atoms with Crippen LogP contribution in [0.25, 0.3) is 0 Å². The highest BCUT2D eigenvalue weighted by Gasteiger charge is 2.73. The van der Waals surface area contributed by atoms with Crippen LogP contribution < -0.4 is 0 Å². The average molecular weight is 260 g/mol. The van der Waals surface area contributed by atoms with Crippen molar-refractivity contribution >= 4 is 23.9 Å². The van der Waals surface area contributed by atoms with Gasteiger partial charge in [-0.2, -0.15) is 0 Å². The predicted octanol–water partition coefficient (Wildman–Crippen LogP) is -0.417. The lowest BCUT2D eigenvalue weighted by Gasteiger charge is -2.52. The zero-order chi connectivity index (χ0) is 14.2. The van der Waals surface area contributed by atoms with Crippen LogP contribution >= 0.6 is 0 Å². The van der Waals surface area contributed by atoms with Gasteiger partial charge >= 0.3 is 23.9 Å². The summed E-state index contributed by atoms with van der Waals surface area (Å²) in [4.78, 5) is 44.2. The summed E-state index contributed by atoms with van der Waals surface area (Å²) in [5, 5.41) is 35.9. The lowest BCUT2D eigenvalue weighted by Crippen LogP contribution is -2.67. The van der Waals surface area contributed by atoms with E-state index in [4.69, 9.17) is 20.4 Å². The highest BCUT2D eigenvalue weighted by molar-refractivity contribution is 5.98. The molecule has 0 aromatic rings. The first-order valence-electron chi connectivity index (χ1n) is 5.13. The molecule has 8 heteroatoms. The largest absolute Gasteiger partial charge is 0.481 e. The molecule has 0 saturated heterocycles. The third kappa shape index (κ3) is 1.52. The SMILES string of the molecule is CCC1(C(=O)O)C(C(=O)O)C(C(=O)O)C1C(=O)O. The number of hydrogen-bond donors (Lipinski definition) is 4. The van der Waals surface area contributed by atoms with Crippen LogP contribution in [0.1, 0.15) is 13.3 Å². The van der Waals surface area contributed by atoms with Crippen LogP contribution in [0.3, 0.4) is 0 Å². The Morgan fingerprint density at radius 1 is 0.889 bits per heavy atom. The first-order valence-corrected chi connectivity index (χ1v) is 5.13. The minimum atomic E-state index is -2.07. The summed E-state index contributed by atoms with van der Waals surface area (Å²) in [5.74, 6) is -11.6. The lowest BCUT2D eigenvalue weighted by atomic mass is 9.45. The molecular weight excluding hydrogens is 248 g/mol. The third-order valence-electron chi connectivity index (χ3n) is 3.63. The summed E-state index contributed by atoms with van der Waals surface area (Å²) >= 11 is 0. The van der Waals surface area contributed by atoms with Gasteiger partial charge in [-0.3, -0.25) is 19.2 Å². The van der Waals surface area contributed by atoms with Gasteiger partial charge in [-0.25, -0.2) is 0 Å². The number of carbonyl (C=O) groups is 4. The zero-order valence-electron chi connectivity index (χ0n) is 9.36. The van der Waals surface area contributed by atoms with Gasteiger partial charge in [0.1, 0.15) is 0 Å². The van der Waals surface area contributed by atoms with Crippen molar-refractivity contribution in [3.8, 4) is 0 Å². The van der Waals surface area contributed by atoms with Crippen molar-refractivity contribution < 1.29 is 39.6 Å². The standard InChI is InChI=1S/C10H12O8/c1-2-10(9(17)18)4(7(13)14)3(6(11)12)5(10)8(15)16/h3-5H,2H2,1H3,(H,11,12)(H,13,14)(H,15,16)(H,17,18). The number of carboxylic acids is 4. The molecule has 4 N–H and O–H groups in total. The average Bonchev–Trinajstić information content (AvgIpc) is 2.14. The van der Waals surface area contributed by atoms with Crippen molar-refractivity contribution in [3.05, 3.63) is 0 Å². The lowest BCUT2D eigenvalue weighted by molar-refractivity contribution is -0.213. The Morgan fingerprint density at radius 2 is 1.28 bits per heavy atom. The van der Waals surface area contributed by atoms with E-state index in [0.29, 0.717) is 0 Å². The van der Waals surface area contributed by atoms with Gasteiger partial charge in [-0.05, 0) is 6.42 Å². The minimum absolute atomic E-state index is 0.264. The second kappa shape index (κ2) is 4.28. The molecule has 1 rings (SSSR count). The van der Waals surface area contributed by atoms with Crippen LogP contribution in [0.2, 0.25) is 0 Å². The fourth-order valence-corrected chi connectivity index (χ4v) is 2.80. The Kier molecular flexibility index (Phi) is 3.32. The van der Waals surface area contributed by atoms with E-state index in [2.05, 4.69) is 0 Å². The maximum Gasteiger partial charge on any atom is 0.311 e. The molecule has 100 valence electrons. The number of carboxylic acid groups (broad SMARTS) is 4. The number of rotatable bonds is 5. The number of hydrogen-bond acceptors (Lipinski definition) is 4. The van der Waals surface area contributed by atoms with Gasteiger partial charge in [-0.1, -0.05) is 6.92 Å². The Hall–Kier alpha value is -2.12. The van der Waals surface area contributed by atoms with E-state index in [1.165, 1.54) is 6.92 Å². The molecular formula is C10H12O8. The molecule has 1 aliphatic rings. The van der Waals surface area contributed by atoms with Crippen LogP contribution in [0.4, 0.5) is 0 Å². The second-order valence-electron chi connectivity index (χ2n) is 4.19. The van der Waals surface area contributed by atoms with Crippen molar-refractivity contribution in [2.24, 2.45) is 23.2 Å². The molecule has 1 saturated carbocycles. The van der Waals surface area contributed by atoms with Gasteiger partial charge in [0, 0.05) is 0 Å². The first kappa shape index (κ1) is 13.9. The molecule has 1 aliphatic carbocycles. The smallest absolute Gasteiger partial charge is 0.311 e. The molecule has 2 atom stereocenters. The van der Waals surface area contributed by atoms with E-state index in [1.807, 2.05) is 0 Å². The molecule has 0 aromatic carbocycles. The maximum atomic E-state index is 11.2. The summed E-state index contributed by atoms with van der Waals surface area (Å²) < 4.78 is 0. The second-order valence-corrected chi connectivity index (χ2v) is 4.19. The first-order chi connectivity index (χ1) is 8.21. The quantitative estimate of drug-likeness (QED) is 0.520. The predicted molar refractivity (Wildman–Crippen MR) is 53.7 cm³/mol. The van der Waals surface area contributed by atoms with Gasteiger partial charge in [0.2, 0.25) is 0 Å². The van der Waals surface area contributed by atoms with Gasteiger partial charge in [-0.15, -0.1) is 0 Å². The highest BCUT2D eigenvalue weighted by atomic mass is 16.4. The van der Waals surface area contributed by atoms with Crippen molar-refractivity contribution in [2.75, 3.05) is 0 Å². The van der Waals surface area contributed by atoms with E-state index in [-0.39, 0.29) is 6.42 Å². The molecule has 0 aliphatic heterocycles. The summed E-state index contributed by atoms with van der Waals surface area (Å²) in [6.45, 7) is 1.33. The summed E-state index contributed by atoms with van der Waals surface area (Å²) in [6.07, 6.45) is -0.264. The van der Waals surface area contributed by atoms with Gasteiger partial charge < -0.3 is 20.4 Å². The topological polar surface area (TPSA) is 149 Å². The van der Waals surface area contributed by atoms with Crippen molar-refractivity contribution in [2.45, 2.75) is 13.3 Å². The molecule has 0 spiro atoms. The van der Waals surface area contributed by atoms with Crippen LogP contribution in [0.15, 0.2) is 0 Å². The molecule has 0 radical (unpaired) electrons. The van der Waals surface area contributed by atoms with E-state index >= 15 is 0 Å². The third-order valence-corrected chi connectivity index (χ3v) is 3.63. The fraction of sp³-hybridized carbons (Fsp3) is 0.600.